The maximum Gasteiger partial charge on any atom is 0.333 e. The van der Waals surface area contributed by atoms with Crippen molar-refractivity contribution in [3.05, 3.63) is 45.7 Å². The number of amides is 2. The molecule has 0 radical (unpaired) electrons. The van der Waals surface area contributed by atoms with Crippen molar-refractivity contribution >= 4 is 33.3 Å². The van der Waals surface area contributed by atoms with E-state index in [0.29, 0.717) is 22.2 Å². The van der Waals surface area contributed by atoms with Crippen LogP contribution in [0.4, 0.5) is 10.5 Å². The molecule has 1 heterocycles. The van der Waals surface area contributed by atoms with Gasteiger partial charge in [0.1, 0.15) is 0 Å². The molecular formula is C20H23ClN2O5S. The first-order chi connectivity index (χ1) is 13.6. The van der Waals surface area contributed by atoms with Gasteiger partial charge in [-0.15, -0.1) is 0 Å². The minimum atomic E-state index is -4.22. The number of halogens is 1. The lowest BCUT2D eigenvalue weighted by molar-refractivity contribution is 0.0779. The number of carbonyl (C=O) groups excluding carboxylic acids is 1. The molecule has 0 spiro atoms. The number of benzene rings is 1. The van der Waals surface area contributed by atoms with Gasteiger partial charge in [-0.05, 0) is 74.6 Å². The molecule has 1 fully saturated rings. The summed E-state index contributed by atoms with van der Waals surface area (Å²) in [4.78, 5) is 12.6. The second kappa shape index (κ2) is 7.04. The fourth-order valence-corrected chi connectivity index (χ4v) is 4.89. The Bertz CT molecular complexity index is 1080. The number of sulfonamides is 1. The molecule has 2 aliphatic rings. The number of anilines is 1. The van der Waals surface area contributed by atoms with E-state index in [4.69, 9.17) is 16.0 Å². The number of nitrogens with one attached hydrogen (secondary N) is 2. The highest BCUT2D eigenvalue weighted by Crippen LogP contribution is 2.48. The van der Waals surface area contributed by atoms with Gasteiger partial charge in [0.2, 0.25) is 5.09 Å². The van der Waals surface area contributed by atoms with Crippen LogP contribution in [0, 0.1) is 0 Å². The third-order valence-corrected chi connectivity index (χ3v) is 6.94. The smallest absolute Gasteiger partial charge is 0.333 e. The van der Waals surface area contributed by atoms with E-state index in [1.807, 2.05) is 10.8 Å². The molecule has 3 N–H and O–H groups in total. The van der Waals surface area contributed by atoms with Gasteiger partial charge < -0.3 is 14.8 Å². The average molecular weight is 439 g/mol. The summed E-state index contributed by atoms with van der Waals surface area (Å²) in [6.45, 7) is 3.02. The molecule has 0 atom stereocenters. The number of urea groups is 1. The molecule has 156 valence electrons. The zero-order valence-electron chi connectivity index (χ0n) is 16.2. The molecule has 0 saturated heterocycles. The molecule has 0 bridgehead atoms. The summed E-state index contributed by atoms with van der Waals surface area (Å²) in [5.74, 6) is 0.338. The summed E-state index contributed by atoms with van der Waals surface area (Å²) in [6.07, 6.45) is 5.80. The third kappa shape index (κ3) is 4.01. The van der Waals surface area contributed by atoms with Gasteiger partial charge >= 0.3 is 6.03 Å². The van der Waals surface area contributed by atoms with Crippen molar-refractivity contribution in [2.45, 2.75) is 62.6 Å². The second-order valence-electron chi connectivity index (χ2n) is 8.18. The largest absolute Gasteiger partial charge is 0.451 e. The van der Waals surface area contributed by atoms with Crippen molar-refractivity contribution in [1.29, 1.82) is 0 Å². The van der Waals surface area contributed by atoms with Crippen LogP contribution in [0.5, 0.6) is 0 Å². The van der Waals surface area contributed by atoms with Crippen molar-refractivity contribution in [3.8, 4) is 0 Å². The molecule has 1 aromatic heterocycles. The predicted octanol–water partition coefficient (Wildman–Crippen LogP) is 4.04. The first-order valence-electron chi connectivity index (χ1n) is 9.55. The molecule has 0 aliphatic heterocycles. The lowest BCUT2D eigenvalue weighted by Gasteiger charge is -2.17. The Kier molecular flexibility index (Phi) is 4.91. The SMILES string of the molecule is CC(C)(O)c1coc(S(=O)(=O)NC(=O)Nc2c(C3CC3)cc(Cl)c3c2CCC3)c1. The van der Waals surface area contributed by atoms with Gasteiger partial charge in [-0.25, -0.2) is 9.52 Å². The first-order valence-corrected chi connectivity index (χ1v) is 11.4. The van der Waals surface area contributed by atoms with Crippen LogP contribution in [-0.2, 0) is 28.5 Å². The molecule has 4 rings (SSSR count). The van der Waals surface area contributed by atoms with E-state index in [9.17, 15) is 18.3 Å². The second-order valence-corrected chi connectivity index (χ2v) is 10.2. The first kappa shape index (κ1) is 20.3. The van der Waals surface area contributed by atoms with Crippen LogP contribution in [0.25, 0.3) is 0 Å². The summed E-state index contributed by atoms with van der Waals surface area (Å²) >= 11 is 6.42. The average Bonchev–Trinajstić information content (AvgIpc) is 3.11. The minimum Gasteiger partial charge on any atom is -0.451 e. The number of fused-ring (bicyclic) bond motifs is 1. The summed E-state index contributed by atoms with van der Waals surface area (Å²) in [7, 11) is -4.22. The number of hydrogen-bond acceptors (Lipinski definition) is 5. The topological polar surface area (TPSA) is 109 Å². The minimum absolute atomic E-state index is 0.296. The number of furan rings is 1. The van der Waals surface area contributed by atoms with Gasteiger partial charge in [0, 0.05) is 22.3 Å². The molecule has 2 aliphatic carbocycles. The zero-order chi connectivity index (χ0) is 21.0. The summed E-state index contributed by atoms with van der Waals surface area (Å²) in [5.41, 5.74) is 2.69. The van der Waals surface area contributed by atoms with E-state index < -0.39 is 26.7 Å². The lowest BCUT2D eigenvalue weighted by atomic mass is 9.99. The Labute approximate surface area is 174 Å². The van der Waals surface area contributed by atoms with Crippen LogP contribution in [0.3, 0.4) is 0 Å². The Morgan fingerprint density at radius 2 is 1.93 bits per heavy atom. The maximum absolute atomic E-state index is 12.6. The fraction of sp³-hybridized carbons (Fsp3) is 0.450. The molecule has 7 nitrogen and oxygen atoms in total. The van der Waals surface area contributed by atoms with Gasteiger partial charge in [-0.2, -0.15) is 8.42 Å². The highest BCUT2D eigenvalue weighted by atomic mass is 35.5. The maximum atomic E-state index is 12.6. The van der Waals surface area contributed by atoms with Crippen LogP contribution >= 0.6 is 11.6 Å². The normalized spacial score (nSPS) is 16.6. The zero-order valence-corrected chi connectivity index (χ0v) is 17.8. The third-order valence-electron chi connectivity index (χ3n) is 5.41. The molecule has 1 saturated carbocycles. The van der Waals surface area contributed by atoms with E-state index in [0.717, 1.165) is 55.1 Å². The lowest BCUT2D eigenvalue weighted by Crippen LogP contribution is -2.34. The molecular weight excluding hydrogens is 416 g/mol. The van der Waals surface area contributed by atoms with Crippen molar-refractivity contribution in [2.24, 2.45) is 0 Å². The van der Waals surface area contributed by atoms with Crippen molar-refractivity contribution < 1.29 is 22.7 Å². The highest BCUT2D eigenvalue weighted by Gasteiger charge is 2.32. The Balaban J connectivity index is 1.58. The molecule has 2 aromatic rings. The van der Waals surface area contributed by atoms with Crippen LogP contribution in [0.15, 0.2) is 27.9 Å². The molecule has 9 heteroatoms. The van der Waals surface area contributed by atoms with Gasteiger partial charge in [0.05, 0.1) is 11.9 Å². The van der Waals surface area contributed by atoms with Gasteiger partial charge in [-0.3, -0.25) is 0 Å². The predicted molar refractivity (Wildman–Crippen MR) is 109 cm³/mol. The summed E-state index contributed by atoms with van der Waals surface area (Å²) in [6, 6.07) is 2.24. The molecule has 1 aromatic carbocycles. The molecule has 0 unspecified atom stereocenters. The van der Waals surface area contributed by atoms with Crippen LogP contribution < -0.4 is 10.0 Å². The Morgan fingerprint density at radius 3 is 2.55 bits per heavy atom. The van der Waals surface area contributed by atoms with E-state index >= 15 is 0 Å². The molecule has 2 amide bonds. The standard InChI is InChI=1S/C20H23ClN2O5S/c1-20(2,25)12-8-17(28-10-12)29(26,27)23-19(24)22-18-14-5-3-4-13(14)16(21)9-15(18)11-6-7-11/h8-11,25H,3-7H2,1-2H3,(H2,22,23,24). The highest BCUT2D eigenvalue weighted by molar-refractivity contribution is 7.89. The number of rotatable bonds is 5. The Morgan fingerprint density at radius 1 is 1.24 bits per heavy atom. The van der Waals surface area contributed by atoms with E-state index in [1.165, 1.54) is 19.9 Å². The fourth-order valence-electron chi connectivity index (χ4n) is 3.71. The summed E-state index contributed by atoms with van der Waals surface area (Å²) in [5, 5.41) is 13.0. The van der Waals surface area contributed by atoms with Crippen LogP contribution in [0.1, 0.15) is 61.3 Å². The van der Waals surface area contributed by atoms with Gasteiger partial charge in [0.25, 0.3) is 10.0 Å². The quantitative estimate of drug-likeness (QED) is 0.652. The van der Waals surface area contributed by atoms with Crippen molar-refractivity contribution in [2.75, 3.05) is 5.32 Å². The van der Waals surface area contributed by atoms with Crippen molar-refractivity contribution in [1.82, 2.24) is 4.72 Å². The van der Waals surface area contributed by atoms with Gasteiger partial charge in [-0.1, -0.05) is 11.6 Å². The van der Waals surface area contributed by atoms with Gasteiger partial charge in [0.15, 0.2) is 0 Å². The van der Waals surface area contributed by atoms with E-state index in [-0.39, 0.29) is 0 Å². The van der Waals surface area contributed by atoms with E-state index in [2.05, 4.69) is 5.32 Å². The van der Waals surface area contributed by atoms with Crippen LogP contribution in [-0.4, -0.2) is 19.6 Å². The summed E-state index contributed by atoms with van der Waals surface area (Å²) < 4.78 is 32.1. The molecule has 29 heavy (non-hydrogen) atoms. The van der Waals surface area contributed by atoms with Crippen LogP contribution in [0.2, 0.25) is 5.02 Å². The number of hydrogen-bond donors (Lipinski definition) is 3. The number of aliphatic hydroxyl groups is 1. The monoisotopic (exact) mass is 438 g/mol. The van der Waals surface area contributed by atoms with E-state index in [1.54, 1.807) is 0 Å². The Hall–Kier alpha value is -2.03. The van der Waals surface area contributed by atoms with Crippen molar-refractivity contribution in [3.63, 3.8) is 0 Å². The number of carbonyl (C=O) groups is 1.